The van der Waals surface area contributed by atoms with Gasteiger partial charge in [-0.15, -0.1) is 24.2 Å². The van der Waals surface area contributed by atoms with Gasteiger partial charge in [0.1, 0.15) is 0 Å². The van der Waals surface area contributed by atoms with Gasteiger partial charge in [-0.2, -0.15) is 0 Å². The summed E-state index contributed by atoms with van der Waals surface area (Å²) in [6, 6.07) is 10.4. The third-order valence-corrected chi connectivity index (χ3v) is 5.38. The van der Waals surface area contributed by atoms with Crippen molar-refractivity contribution in [1.82, 2.24) is 10.2 Å². The highest BCUT2D eigenvalue weighted by Crippen LogP contribution is 2.25. The normalized spacial score (nSPS) is 16.8. The minimum absolute atomic E-state index is 0. The van der Waals surface area contributed by atoms with Crippen molar-refractivity contribution in [3.05, 3.63) is 35.9 Å². The quantitative estimate of drug-likeness (QED) is 0.892. The fourth-order valence-corrected chi connectivity index (χ4v) is 3.80. The van der Waals surface area contributed by atoms with Crippen LogP contribution in [-0.4, -0.2) is 42.2 Å². The Kier molecular flexibility index (Phi) is 8.91. The molecule has 2 rings (SSSR count). The minimum atomic E-state index is 0. The SMILES string of the molecule is CC(C)C(SCc1ccccc1)C(=O)N1CCCNCC1.Cl. The summed E-state index contributed by atoms with van der Waals surface area (Å²) in [5.74, 6) is 1.58. The van der Waals surface area contributed by atoms with Crippen molar-refractivity contribution in [3.8, 4) is 0 Å². The van der Waals surface area contributed by atoms with Crippen molar-refractivity contribution in [3.63, 3.8) is 0 Å². The van der Waals surface area contributed by atoms with E-state index in [2.05, 4.69) is 43.4 Å². The van der Waals surface area contributed by atoms with Gasteiger partial charge in [0.25, 0.3) is 0 Å². The van der Waals surface area contributed by atoms with Gasteiger partial charge in [-0.25, -0.2) is 0 Å². The zero-order valence-electron chi connectivity index (χ0n) is 13.5. The van der Waals surface area contributed by atoms with Crippen molar-refractivity contribution in [2.45, 2.75) is 31.3 Å². The Bertz CT molecular complexity index is 434. The number of carbonyl (C=O) groups is 1. The van der Waals surface area contributed by atoms with Crippen LogP contribution in [0.3, 0.4) is 0 Å². The molecule has 0 bridgehead atoms. The average Bonchev–Trinajstić information content (AvgIpc) is 2.77. The van der Waals surface area contributed by atoms with E-state index in [4.69, 9.17) is 0 Å². The topological polar surface area (TPSA) is 32.3 Å². The molecule has 1 fully saturated rings. The molecule has 1 saturated heterocycles. The van der Waals surface area contributed by atoms with Crippen molar-refractivity contribution in [2.75, 3.05) is 26.2 Å². The van der Waals surface area contributed by atoms with Gasteiger partial charge in [0.15, 0.2) is 0 Å². The number of nitrogens with zero attached hydrogens (tertiary/aromatic N) is 1. The smallest absolute Gasteiger partial charge is 0.236 e. The lowest BCUT2D eigenvalue weighted by atomic mass is 10.1. The van der Waals surface area contributed by atoms with Crippen LogP contribution in [-0.2, 0) is 10.5 Å². The number of amides is 1. The largest absolute Gasteiger partial charge is 0.340 e. The van der Waals surface area contributed by atoms with E-state index in [0.717, 1.165) is 38.4 Å². The average molecular weight is 343 g/mol. The van der Waals surface area contributed by atoms with Gasteiger partial charge < -0.3 is 10.2 Å². The molecule has 0 saturated carbocycles. The van der Waals surface area contributed by atoms with E-state index in [1.807, 2.05) is 11.0 Å². The van der Waals surface area contributed by atoms with Crippen molar-refractivity contribution in [2.24, 2.45) is 5.92 Å². The monoisotopic (exact) mass is 342 g/mol. The maximum atomic E-state index is 12.8. The Morgan fingerprint density at radius 3 is 2.64 bits per heavy atom. The number of hydrogen-bond acceptors (Lipinski definition) is 3. The maximum absolute atomic E-state index is 12.8. The Morgan fingerprint density at radius 1 is 1.23 bits per heavy atom. The Labute approximate surface area is 144 Å². The lowest BCUT2D eigenvalue weighted by molar-refractivity contribution is -0.131. The van der Waals surface area contributed by atoms with Crippen LogP contribution in [0, 0.1) is 5.92 Å². The first-order chi connectivity index (χ1) is 10.2. The summed E-state index contributed by atoms with van der Waals surface area (Å²) < 4.78 is 0. The van der Waals surface area contributed by atoms with Crippen molar-refractivity contribution >= 4 is 30.1 Å². The minimum Gasteiger partial charge on any atom is -0.340 e. The number of rotatable bonds is 5. The van der Waals surface area contributed by atoms with Crippen LogP contribution in [0.15, 0.2) is 30.3 Å². The summed E-state index contributed by atoms with van der Waals surface area (Å²) in [5.41, 5.74) is 1.29. The van der Waals surface area contributed by atoms with E-state index in [1.54, 1.807) is 11.8 Å². The van der Waals surface area contributed by atoms with Crippen LogP contribution < -0.4 is 5.32 Å². The third kappa shape index (κ3) is 5.82. The molecular weight excluding hydrogens is 316 g/mol. The van der Waals surface area contributed by atoms with Crippen LogP contribution in [0.2, 0.25) is 0 Å². The second kappa shape index (κ2) is 10.1. The first kappa shape index (κ1) is 19.3. The maximum Gasteiger partial charge on any atom is 0.236 e. The highest BCUT2D eigenvalue weighted by Gasteiger charge is 2.27. The first-order valence-corrected chi connectivity index (χ1v) is 8.88. The van der Waals surface area contributed by atoms with E-state index in [-0.39, 0.29) is 17.7 Å². The highest BCUT2D eigenvalue weighted by atomic mass is 35.5. The number of carbonyl (C=O) groups excluding carboxylic acids is 1. The molecule has 5 heteroatoms. The number of thioether (sulfide) groups is 1. The molecule has 0 spiro atoms. The molecule has 0 aliphatic carbocycles. The van der Waals surface area contributed by atoms with E-state index in [1.165, 1.54) is 5.56 Å². The lowest BCUT2D eigenvalue weighted by Crippen LogP contribution is -2.41. The first-order valence-electron chi connectivity index (χ1n) is 7.83. The van der Waals surface area contributed by atoms with Crippen LogP contribution >= 0.6 is 24.2 Å². The van der Waals surface area contributed by atoms with Crippen LogP contribution in [0.25, 0.3) is 0 Å². The lowest BCUT2D eigenvalue weighted by Gasteiger charge is -2.27. The number of halogens is 1. The number of hydrogen-bond donors (Lipinski definition) is 1. The van der Waals surface area contributed by atoms with E-state index >= 15 is 0 Å². The van der Waals surface area contributed by atoms with Gasteiger partial charge in [-0.1, -0.05) is 44.2 Å². The van der Waals surface area contributed by atoms with Crippen molar-refractivity contribution in [1.29, 1.82) is 0 Å². The summed E-state index contributed by atoms with van der Waals surface area (Å²) in [6.07, 6.45) is 1.06. The molecule has 1 aliphatic heterocycles. The summed E-state index contributed by atoms with van der Waals surface area (Å²) in [4.78, 5) is 14.8. The van der Waals surface area contributed by atoms with E-state index < -0.39 is 0 Å². The molecule has 0 aromatic heterocycles. The number of benzene rings is 1. The Hall–Kier alpha value is -0.710. The molecule has 22 heavy (non-hydrogen) atoms. The molecule has 124 valence electrons. The highest BCUT2D eigenvalue weighted by molar-refractivity contribution is 7.99. The molecule has 1 aromatic carbocycles. The van der Waals surface area contributed by atoms with Gasteiger partial charge in [0, 0.05) is 25.4 Å². The standard InChI is InChI=1S/C17H26N2OS.ClH/c1-14(2)16(21-13-15-7-4-3-5-8-15)17(20)19-11-6-9-18-10-12-19;/h3-5,7-8,14,16,18H,6,9-13H2,1-2H3;1H. The summed E-state index contributed by atoms with van der Waals surface area (Å²) in [5, 5.41) is 3.42. The summed E-state index contributed by atoms with van der Waals surface area (Å²) in [6.45, 7) is 7.97. The molecular formula is C17H27ClN2OS. The van der Waals surface area contributed by atoms with Crippen molar-refractivity contribution < 1.29 is 4.79 Å². The van der Waals surface area contributed by atoms with Gasteiger partial charge in [0.05, 0.1) is 5.25 Å². The fourth-order valence-electron chi connectivity index (χ4n) is 2.56. The molecule has 3 nitrogen and oxygen atoms in total. The summed E-state index contributed by atoms with van der Waals surface area (Å²) >= 11 is 1.78. The Morgan fingerprint density at radius 2 is 1.95 bits per heavy atom. The molecule has 1 aromatic rings. The van der Waals surface area contributed by atoms with Gasteiger partial charge >= 0.3 is 0 Å². The van der Waals surface area contributed by atoms with Crippen LogP contribution in [0.4, 0.5) is 0 Å². The third-order valence-electron chi connectivity index (χ3n) is 3.77. The zero-order chi connectivity index (χ0) is 15.1. The van der Waals surface area contributed by atoms with Gasteiger partial charge in [-0.05, 0) is 24.4 Å². The zero-order valence-corrected chi connectivity index (χ0v) is 15.1. The predicted octanol–water partition coefficient (Wildman–Crippen LogP) is 3.19. The van der Waals surface area contributed by atoms with Crippen LogP contribution in [0.1, 0.15) is 25.8 Å². The molecule has 1 aliphatic rings. The number of nitrogens with one attached hydrogen (secondary N) is 1. The molecule has 1 atom stereocenters. The molecule has 1 unspecified atom stereocenters. The fraction of sp³-hybridized carbons (Fsp3) is 0.588. The Balaban J connectivity index is 0.00000242. The van der Waals surface area contributed by atoms with Gasteiger partial charge in [-0.3, -0.25) is 4.79 Å². The molecule has 1 N–H and O–H groups in total. The molecule has 1 amide bonds. The summed E-state index contributed by atoms with van der Waals surface area (Å²) in [7, 11) is 0. The molecule has 0 radical (unpaired) electrons. The second-order valence-corrected chi connectivity index (χ2v) is 7.02. The predicted molar refractivity (Wildman–Crippen MR) is 97.7 cm³/mol. The van der Waals surface area contributed by atoms with Gasteiger partial charge in [0.2, 0.25) is 5.91 Å². The second-order valence-electron chi connectivity index (χ2n) is 5.89. The van der Waals surface area contributed by atoms with E-state index in [0.29, 0.717) is 11.8 Å². The van der Waals surface area contributed by atoms with E-state index in [9.17, 15) is 4.79 Å². The van der Waals surface area contributed by atoms with Crippen LogP contribution in [0.5, 0.6) is 0 Å². The molecule has 1 heterocycles.